The Hall–Kier alpha value is -2.11. The molecule has 0 bridgehead atoms. The normalized spacial score (nSPS) is 11.1. The fraction of sp³-hybridized carbons (Fsp3) is 0.0667. The third-order valence-corrected chi connectivity index (χ3v) is 3.94. The van der Waals surface area contributed by atoms with Crippen molar-refractivity contribution in [1.29, 1.82) is 0 Å². The summed E-state index contributed by atoms with van der Waals surface area (Å²) in [5.41, 5.74) is 4.89. The molecular formula is C15H12ClN3OS. The Balaban J connectivity index is 1.76. The summed E-state index contributed by atoms with van der Waals surface area (Å²) in [6.07, 6.45) is 3.21. The maximum Gasteiger partial charge on any atom is 0.204 e. The van der Waals surface area contributed by atoms with Gasteiger partial charge in [-0.1, -0.05) is 23.7 Å². The molecule has 0 aliphatic carbocycles. The quantitative estimate of drug-likeness (QED) is 0.555. The van der Waals surface area contributed by atoms with Gasteiger partial charge < -0.3 is 4.42 Å². The Labute approximate surface area is 131 Å². The second kappa shape index (κ2) is 6.11. The van der Waals surface area contributed by atoms with E-state index in [2.05, 4.69) is 15.5 Å². The SMILES string of the molecule is Cc1sc(N/N=C/c2ccco2)nc1-c1ccc(Cl)cc1. The Kier molecular flexibility index (Phi) is 4.03. The summed E-state index contributed by atoms with van der Waals surface area (Å²) in [6, 6.07) is 11.3. The number of nitrogens with zero attached hydrogens (tertiary/aromatic N) is 2. The van der Waals surface area contributed by atoms with Gasteiger partial charge in [-0.3, -0.25) is 5.43 Å². The first-order valence-corrected chi connectivity index (χ1v) is 7.48. The van der Waals surface area contributed by atoms with Gasteiger partial charge in [0, 0.05) is 15.5 Å². The van der Waals surface area contributed by atoms with Crippen LogP contribution in [0.2, 0.25) is 5.02 Å². The van der Waals surface area contributed by atoms with Crippen LogP contribution < -0.4 is 5.43 Å². The fourth-order valence-corrected chi connectivity index (χ4v) is 2.75. The molecule has 0 amide bonds. The van der Waals surface area contributed by atoms with Gasteiger partial charge in [-0.25, -0.2) is 4.98 Å². The Morgan fingerprint density at radius 2 is 2.10 bits per heavy atom. The molecule has 0 radical (unpaired) electrons. The largest absolute Gasteiger partial charge is 0.463 e. The van der Waals surface area contributed by atoms with Gasteiger partial charge in [0.2, 0.25) is 5.13 Å². The molecule has 0 fully saturated rings. The van der Waals surface area contributed by atoms with E-state index in [1.807, 2.05) is 43.3 Å². The van der Waals surface area contributed by atoms with Crippen LogP contribution in [0.4, 0.5) is 5.13 Å². The maximum atomic E-state index is 5.90. The molecule has 4 nitrogen and oxygen atoms in total. The van der Waals surface area contributed by atoms with Crippen molar-refractivity contribution in [2.75, 3.05) is 5.43 Å². The maximum absolute atomic E-state index is 5.90. The number of hydrazone groups is 1. The van der Waals surface area contributed by atoms with Gasteiger partial charge in [0.15, 0.2) is 0 Å². The van der Waals surface area contributed by atoms with Crippen LogP contribution in [-0.4, -0.2) is 11.2 Å². The van der Waals surface area contributed by atoms with Gasteiger partial charge in [0.25, 0.3) is 0 Å². The predicted octanol–water partition coefficient (Wildman–Crippen LogP) is 4.81. The molecule has 0 aliphatic heterocycles. The minimum atomic E-state index is 0.689. The van der Waals surface area contributed by atoms with Crippen LogP contribution in [0.3, 0.4) is 0 Å². The van der Waals surface area contributed by atoms with E-state index in [1.165, 1.54) is 0 Å². The number of hydrogen-bond donors (Lipinski definition) is 1. The first-order chi connectivity index (χ1) is 10.2. The molecule has 0 unspecified atom stereocenters. The van der Waals surface area contributed by atoms with Crippen molar-refractivity contribution in [2.24, 2.45) is 5.10 Å². The van der Waals surface area contributed by atoms with E-state index in [-0.39, 0.29) is 0 Å². The molecule has 0 atom stereocenters. The zero-order valence-electron chi connectivity index (χ0n) is 11.2. The summed E-state index contributed by atoms with van der Waals surface area (Å²) in [4.78, 5) is 5.67. The van der Waals surface area contributed by atoms with Crippen LogP contribution >= 0.6 is 22.9 Å². The summed E-state index contributed by atoms with van der Waals surface area (Å²) < 4.78 is 5.16. The summed E-state index contributed by atoms with van der Waals surface area (Å²) >= 11 is 7.45. The summed E-state index contributed by atoms with van der Waals surface area (Å²) in [7, 11) is 0. The smallest absolute Gasteiger partial charge is 0.204 e. The Bertz CT molecular complexity index is 748. The number of thiazole rings is 1. The van der Waals surface area contributed by atoms with Crippen LogP contribution in [0.1, 0.15) is 10.6 Å². The lowest BCUT2D eigenvalue weighted by Gasteiger charge is -1.98. The monoisotopic (exact) mass is 317 g/mol. The van der Waals surface area contributed by atoms with Gasteiger partial charge >= 0.3 is 0 Å². The lowest BCUT2D eigenvalue weighted by molar-refractivity contribution is 0.560. The molecule has 3 aromatic rings. The number of aromatic nitrogens is 1. The minimum absolute atomic E-state index is 0.689. The van der Waals surface area contributed by atoms with Crippen LogP contribution in [0.25, 0.3) is 11.3 Å². The molecule has 21 heavy (non-hydrogen) atoms. The third kappa shape index (κ3) is 3.32. The average molecular weight is 318 g/mol. The van der Waals surface area contributed by atoms with Gasteiger partial charge in [-0.2, -0.15) is 5.10 Å². The van der Waals surface area contributed by atoms with Crippen molar-refractivity contribution in [3.63, 3.8) is 0 Å². The van der Waals surface area contributed by atoms with E-state index < -0.39 is 0 Å². The molecule has 0 saturated heterocycles. The number of halogens is 1. The van der Waals surface area contributed by atoms with Crippen molar-refractivity contribution in [1.82, 2.24) is 4.98 Å². The number of benzene rings is 1. The molecule has 0 saturated carbocycles. The molecule has 1 aromatic carbocycles. The standard InChI is InChI=1S/C15H12ClN3OS/c1-10-14(11-4-6-12(16)7-5-11)18-15(21-10)19-17-9-13-3-2-8-20-13/h2-9H,1H3,(H,18,19)/b17-9+. The third-order valence-electron chi connectivity index (χ3n) is 2.81. The highest BCUT2D eigenvalue weighted by atomic mass is 35.5. The van der Waals surface area contributed by atoms with Gasteiger partial charge in [-0.05, 0) is 31.2 Å². The van der Waals surface area contributed by atoms with Gasteiger partial charge in [0.1, 0.15) is 5.76 Å². The van der Waals surface area contributed by atoms with Gasteiger partial charge in [0.05, 0.1) is 18.2 Å². The molecule has 0 aliphatic rings. The Morgan fingerprint density at radius 3 is 2.81 bits per heavy atom. The molecular weight excluding hydrogens is 306 g/mol. The first-order valence-electron chi connectivity index (χ1n) is 6.28. The van der Waals surface area contributed by atoms with E-state index in [0.29, 0.717) is 10.8 Å². The number of nitrogens with one attached hydrogen (secondary N) is 1. The van der Waals surface area contributed by atoms with Crippen molar-refractivity contribution in [3.05, 3.63) is 58.3 Å². The first kappa shape index (κ1) is 13.9. The van der Waals surface area contributed by atoms with Crippen LogP contribution in [-0.2, 0) is 0 Å². The fourth-order valence-electron chi connectivity index (χ4n) is 1.84. The highest BCUT2D eigenvalue weighted by Gasteiger charge is 2.09. The van der Waals surface area contributed by atoms with Crippen molar-refractivity contribution in [3.8, 4) is 11.3 Å². The van der Waals surface area contributed by atoms with Crippen molar-refractivity contribution in [2.45, 2.75) is 6.92 Å². The lowest BCUT2D eigenvalue weighted by atomic mass is 10.1. The number of rotatable bonds is 4. The number of anilines is 1. The molecule has 3 rings (SSSR count). The molecule has 2 aromatic heterocycles. The van der Waals surface area contributed by atoms with E-state index >= 15 is 0 Å². The second-order valence-electron chi connectivity index (χ2n) is 4.32. The highest BCUT2D eigenvalue weighted by Crippen LogP contribution is 2.30. The number of furan rings is 1. The number of hydrogen-bond acceptors (Lipinski definition) is 5. The topological polar surface area (TPSA) is 50.4 Å². The van der Waals surface area contributed by atoms with Crippen molar-refractivity contribution < 1.29 is 4.42 Å². The van der Waals surface area contributed by atoms with E-state index in [0.717, 1.165) is 21.3 Å². The zero-order chi connectivity index (χ0) is 14.7. The summed E-state index contributed by atoms with van der Waals surface area (Å²) in [6.45, 7) is 2.03. The van der Waals surface area contributed by atoms with Crippen LogP contribution in [0.15, 0.2) is 52.2 Å². The van der Waals surface area contributed by atoms with Crippen molar-refractivity contribution >= 4 is 34.3 Å². The van der Waals surface area contributed by atoms with E-state index in [1.54, 1.807) is 23.8 Å². The predicted molar refractivity (Wildman–Crippen MR) is 87.2 cm³/mol. The highest BCUT2D eigenvalue weighted by molar-refractivity contribution is 7.15. The minimum Gasteiger partial charge on any atom is -0.463 e. The van der Waals surface area contributed by atoms with Gasteiger partial charge in [-0.15, -0.1) is 11.3 Å². The second-order valence-corrected chi connectivity index (χ2v) is 5.96. The van der Waals surface area contributed by atoms with Crippen LogP contribution in [0, 0.1) is 6.92 Å². The summed E-state index contributed by atoms with van der Waals surface area (Å²) in [5.74, 6) is 0.689. The average Bonchev–Trinajstić information content (AvgIpc) is 3.10. The zero-order valence-corrected chi connectivity index (χ0v) is 12.8. The molecule has 6 heteroatoms. The van der Waals surface area contributed by atoms with E-state index in [4.69, 9.17) is 16.0 Å². The summed E-state index contributed by atoms with van der Waals surface area (Å²) in [5, 5.41) is 5.56. The number of aryl methyl sites for hydroxylation is 1. The van der Waals surface area contributed by atoms with E-state index in [9.17, 15) is 0 Å². The van der Waals surface area contributed by atoms with Crippen LogP contribution in [0.5, 0.6) is 0 Å². The molecule has 0 spiro atoms. The lowest BCUT2D eigenvalue weighted by Crippen LogP contribution is -1.89. The molecule has 106 valence electrons. The molecule has 2 heterocycles. The Morgan fingerprint density at radius 1 is 1.29 bits per heavy atom. The molecule has 1 N–H and O–H groups in total.